The molecule has 0 radical (unpaired) electrons. The van der Waals surface area contributed by atoms with Crippen molar-refractivity contribution < 1.29 is 13.9 Å². The lowest BCUT2D eigenvalue weighted by molar-refractivity contribution is -0.145. The Bertz CT molecular complexity index is 437. The lowest BCUT2D eigenvalue weighted by atomic mass is 10.1. The average molecular weight is 316 g/mol. The molecule has 1 N–H and O–H groups in total. The van der Waals surface area contributed by atoms with Crippen LogP contribution in [-0.2, 0) is 9.53 Å². The van der Waals surface area contributed by atoms with Gasteiger partial charge < -0.3 is 4.74 Å². The highest BCUT2D eigenvalue weighted by atomic mass is 79.9. The number of benzene rings is 1. The summed E-state index contributed by atoms with van der Waals surface area (Å²) < 4.78 is 19.4. The van der Waals surface area contributed by atoms with Crippen molar-refractivity contribution in [2.75, 3.05) is 13.2 Å². The largest absolute Gasteiger partial charge is 0.465 e. The summed E-state index contributed by atoms with van der Waals surface area (Å²) in [6, 6.07) is 3.61. The van der Waals surface area contributed by atoms with Crippen molar-refractivity contribution in [2.45, 2.75) is 13.0 Å². The number of rotatable bonds is 6. The summed E-state index contributed by atoms with van der Waals surface area (Å²) in [5.74, 6) is -0.954. The van der Waals surface area contributed by atoms with E-state index in [1.807, 2.05) is 0 Å². The minimum absolute atomic E-state index is 0.251. The third kappa shape index (κ3) is 3.92. The maximum absolute atomic E-state index is 13.8. The van der Waals surface area contributed by atoms with Gasteiger partial charge in [-0.15, -0.1) is 6.58 Å². The summed E-state index contributed by atoms with van der Waals surface area (Å²) in [7, 11) is 0. The monoisotopic (exact) mass is 315 g/mol. The molecule has 18 heavy (non-hydrogen) atoms. The number of carbonyl (C=O) groups excluding carboxylic acids is 1. The predicted molar refractivity (Wildman–Crippen MR) is 71.7 cm³/mol. The number of ether oxygens (including phenoxy) is 1. The molecule has 0 saturated heterocycles. The van der Waals surface area contributed by atoms with Crippen LogP contribution in [0.15, 0.2) is 35.3 Å². The Labute approximate surface area is 114 Å². The van der Waals surface area contributed by atoms with Crippen LogP contribution in [-0.4, -0.2) is 19.1 Å². The van der Waals surface area contributed by atoms with Crippen LogP contribution < -0.4 is 5.32 Å². The highest BCUT2D eigenvalue weighted by Gasteiger charge is 2.24. The van der Waals surface area contributed by atoms with Crippen molar-refractivity contribution in [3.05, 3.63) is 46.7 Å². The van der Waals surface area contributed by atoms with E-state index in [1.54, 1.807) is 25.1 Å². The zero-order valence-corrected chi connectivity index (χ0v) is 11.7. The molecule has 1 aromatic rings. The molecule has 1 rings (SSSR count). The van der Waals surface area contributed by atoms with E-state index < -0.39 is 17.8 Å². The summed E-state index contributed by atoms with van der Waals surface area (Å²) in [4.78, 5) is 11.8. The average Bonchev–Trinajstić information content (AvgIpc) is 2.34. The van der Waals surface area contributed by atoms with E-state index >= 15 is 0 Å². The number of esters is 1. The highest BCUT2D eigenvalue weighted by molar-refractivity contribution is 9.10. The maximum atomic E-state index is 13.8. The fourth-order valence-electron chi connectivity index (χ4n) is 1.48. The van der Waals surface area contributed by atoms with Crippen molar-refractivity contribution in [2.24, 2.45) is 0 Å². The molecule has 5 heteroatoms. The molecule has 1 atom stereocenters. The Morgan fingerprint density at radius 3 is 3.00 bits per heavy atom. The lowest BCUT2D eigenvalue weighted by Gasteiger charge is -2.17. The maximum Gasteiger partial charge on any atom is 0.327 e. The second kappa shape index (κ2) is 7.28. The Balaban J connectivity index is 3.03. The molecule has 3 nitrogen and oxygen atoms in total. The van der Waals surface area contributed by atoms with Gasteiger partial charge in [-0.2, -0.15) is 0 Å². The Kier molecular flexibility index (Phi) is 6.01. The standard InChI is InChI=1S/C13H15BrFNO2/c1-3-7-16-12(13(17)18-4-2)10-8-9(14)5-6-11(10)15/h3,5-6,8,12,16H,1,4,7H2,2H3. The minimum Gasteiger partial charge on any atom is -0.465 e. The predicted octanol–water partition coefficient (Wildman–Crippen LogP) is 2.97. The molecule has 0 aromatic heterocycles. The van der Waals surface area contributed by atoms with Crippen LogP contribution in [0.3, 0.4) is 0 Å². The van der Waals surface area contributed by atoms with Gasteiger partial charge in [-0.25, -0.2) is 9.18 Å². The molecule has 0 bridgehead atoms. The van der Waals surface area contributed by atoms with Gasteiger partial charge in [0.1, 0.15) is 11.9 Å². The van der Waals surface area contributed by atoms with Gasteiger partial charge in [-0.1, -0.05) is 22.0 Å². The fraction of sp³-hybridized carbons (Fsp3) is 0.308. The molecule has 0 spiro atoms. The van der Waals surface area contributed by atoms with Crippen molar-refractivity contribution in [3.8, 4) is 0 Å². The molecule has 0 amide bonds. The zero-order chi connectivity index (χ0) is 13.5. The number of hydrogen-bond donors (Lipinski definition) is 1. The number of hydrogen-bond acceptors (Lipinski definition) is 3. The number of halogens is 2. The molecule has 0 fully saturated rings. The Morgan fingerprint density at radius 2 is 2.39 bits per heavy atom. The fourth-order valence-corrected chi connectivity index (χ4v) is 1.86. The van der Waals surface area contributed by atoms with E-state index in [0.29, 0.717) is 11.0 Å². The second-order valence-electron chi connectivity index (χ2n) is 3.55. The first-order valence-electron chi connectivity index (χ1n) is 5.56. The quantitative estimate of drug-likeness (QED) is 0.648. The topological polar surface area (TPSA) is 38.3 Å². The second-order valence-corrected chi connectivity index (χ2v) is 4.46. The van der Waals surface area contributed by atoms with Crippen LogP contribution in [0, 0.1) is 5.82 Å². The van der Waals surface area contributed by atoms with Crippen LogP contribution in [0.2, 0.25) is 0 Å². The highest BCUT2D eigenvalue weighted by Crippen LogP contribution is 2.22. The third-order valence-corrected chi connectivity index (χ3v) is 2.75. The van der Waals surface area contributed by atoms with Crippen molar-refractivity contribution in [1.82, 2.24) is 5.32 Å². The number of carbonyl (C=O) groups is 1. The van der Waals surface area contributed by atoms with Crippen LogP contribution in [0.5, 0.6) is 0 Å². The van der Waals surface area contributed by atoms with Gasteiger partial charge in [0.15, 0.2) is 0 Å². The van der Waals surface area contributed by atoms with E-state index in [-0.39, 0.29) is 12.2 Å². The first-order valence-corrected chi connectivity index (χ1v) is 6.35. The summed E-state index contributed by atoms with van der Waals surface area (Å²) in [5, 5.41) is 2.88. The first kappa shape index (κ1) is 14.9. The smallest absolute Gasteiger partial charge is 0.327 e. The van der Waals surface area contributed by atoms with Gasteiger partial charge in [0, 0.05) is 16.6 Å². The van der Waals surface area contributed by atoms with E-state index in [9.17, 15) is 9.18 Å². The summed E-state index contributed by atoms with van der Waals surface area (Å²) in [5.41, 5.74) is 0.254. The summed E-state index contributed by atoms with van der Waals surface area (Å²) in [6.07, 6.45) is 1.60. The molecule has 0 aliphatic rings. The summed E-state index contributed by atoms with van der Waals surface area (Å²) >= 11 is 3.25. The SMILES string of the molecule is C=CCNC(C(=O)OCC)c1cc(Br)ccc1F. The Hall–Kier alpha value is -1.20. The van der Waals surface area contributed by atoms with Crippen molar-refractivity contribution in [1.29, 1.82) is 0 Å². The first-order chi connectivity index (χ1) is 8.60. The van der Waals surface area contributed by atoms with Gasteiger partial charge in [-0.3, -0.25) is 5.32 Å². The van der Waals surface area contributed by atoms with Crippen LogP contribution in [0.25, 0.3) is 0 Å². The molecule has 0 saturated carbocycles. The number of nitrogens with one attached hydrogen (secondary N) is 1. The molecule has 1 unspecified atom stereocenters. The molecule has 0 aliphatic heterocycles. The van der Waals surface area contributed by atoms with Gasteiger partial charge in [0.2, 0.25) is 0 Å². The zero-order valence-electron chi connectivity index (χ0n) is 10.1. The minimum atomic E-state index is -0.833. The van der Waals surface area contributed by atoms with E-state index in [0.717, 1.165) is 0 Å². The molecule has 0 heterocycles. The molecular weight excluding hydrogens is 301 g/mol. The van der Waals surface area contributed by atoms with Crippen molar-refractivity contribution in [3.63, 3.8) is 0 Å². The molecule has 1 aromatic carbocycles. The third-order valence-electron chi connectivity index (χ3n) is 2.26. The molecule has 98 valence electrons. The lowest BCUT2D eigenvalue weighted by Crippen LogP contribution is -2.31. The van der Waals surface area contributed by atoms with Gasteiger partial charge >= 0.3 is 5.97 Å². The molecule has 0 aliphatic carbocycles. The summed E-state index contributed by atoms with van der Waals surface area (Å²) in [6.45, 7) is 5.90. The van der Waals surface area contributed by atoms with Crippen LogP contribution >= 0.6 is 15.9 Å². The van der Waals surface area contributed by atoms with Gasteiger partial charge in [0.05, 0.1) is 6.61 Å². The van der Waals surface area contributed by atoms with Crippen molar-refractivity contribution >= 4 is 21.9 Å². The van der Waals surface area contributed by atoms with E-state index in [4.69, 9.17) is 4.74 Å². The van der Waals surface area contributed by atoms with Gasteiger partial charge in [-0.05, 0) is 25.1 Å². The van der Waals surface area contributed by atoms with E-state index in [1.165, 1.54) is 6.07 Å². The van der Waals surface area contributed by atoms with E-state index in [2.05, 4.69) is 27.8 Å². The Morgan fingerprint density at radius 1 is 1.67 bits per heavy atom. The van der Waals surface area contributed by atoms with Crippen LogP contribution in [0.4, 0.5) is 4.39 Å². The normalized spacial score (nSPS) is 11.9. The molecular formula is C13H15BrFNO2. The van der Waals surface area contributed by atoms with Crippen LogP contribution in [0.1, 0.15) is 18.5 Å². The van der Waals surface area contributed by atoms with Gasteiger partial charge in [0.25, 0.3) is 0 Å².